The lowest BCUT2D eigenvalue weighted by molar-refractivity contribution is 0.252. The second kappa shape index (κ2) is 8.69. The molecule has 1 aromatic heterocycles. The number of carbonyl (C=O) groups is 1. The molecule has 2 amide bonds. The first-order valence-electron chi connectivity index (χ1n) is 8.55. The number of benzene rings is 2. The summed E-state index contributed by atoms with van der Waals surface area (Å²) in [4.78, 5) is 20.0. The molecule has 3 rings (SSSR count). The number of aromatic nitrogens is 2. The first kappa shape index (κ1) is 19.6. The Morgan fingerprint density at radius 2 is 1.89 bits per heavy atom. The van der Waals surface area contributed by atoms with Gasteiger partial charge in [0.1, 0.15) is 12.4 Å². The van der Waals surface area contributed by atoms with Gasteiger partial charge in [0.2, 0.25) is 0 Å². The van der Waals surface area contributed by atoms with Gasteiger partial charge in [-0.05, 0) is 49.2 Å². The van der Waals surface area contributed by atoms with E-state index in [0.29, 0.717) is 23.1 Å². The number of rotatable bonds is 5. The van der Waals surface area contributed by atoms with Crippen molar-refractivity contribution in [2.45, 2.75) is 20.5 Å². The summed E-state index contributed by atoms with van der Waals surface area (Å²) in [6.45, 7) is 4.20. The summed E-state index contributed by atoms with van der Waals surface area (Å²) < 4.78 is 6.00. The Morgan fingerprint density at radius 3 is 2.57 bits per heavy atom. The SMILES string of the molecule is Cc1cc(-c2ncc(Cl)cn2)ccc1OCc1c(C)cccc1NC(=O)NN. The monoisotopic (exact) mass is 397 g/mol. The molecule has 144 valence electrons. The number of ether oxygens (including phenoxy) is 1. The van der Waals surface area contributed by atoms with E-state index < -0.39 is 6.03 Å². The van der Waals surface area contributed by atoms with Crippen LogP contribution in [0.5, 0.6) is 5.75 Å². The van der Waals surface area contributed by atoms with Crippen molar-refractivity contribution in [3.8, 4) is 17.1 Å². The molecule has 3 aromatic rings. The van der Waals surface area contributed by atoms with E-state index >= 15 is 0 Å². The zero-order valence-electron chi connectivity index (χ0n) is 15.5. The average Bonchev–Trinajstić information content (AvgIpc) is 2.69. The van der Waals surface area contributed by atoms with Crippen LogP contribution in [0.2, 0.25) is 5.02 Å². The summed E-state index contributed by atoms with van der Waals surface area (Å²) in [5.41, 5.74) is 6.39. The Morgan fingerprint density at radius 1 is 1.14 bits per heavy atom. The van der Waals surface area contributed by atoms with Crippen molar-refractivity contribution in [2.24, 2.45) is 5.84 Å². The van der Waals surface area contributed by atoms with Crippen LogP contribution in [0.25, 0.3) is 11.4 Å². The van der Waals surface area contributed by atoms with Crippen LogP contribution in [0.15, 0.2) is 48.8 Å². The zero-order valence-corrected chi connectivity index (χ0v) is 16.2. The molecule has 0 fully saturated rings. The summed E-state index contributed by atoms with van der Waals surface area (Å²) in [6.07, 6.45) is 3.13. The number of carbonyl (C=O) groups excluding carboxylic acids is 1. The fourth-order valence-corrected chi connectivity index (χ4v) is 2.83. The molecule has 8 heteroatoms. The van der Waals surface area contributed by atoms with E-state index in [2.05, 4.69) is 20.7 Å². The molecule has 0 bridgehead atoms. The standard InChI is InChI=1S/C20H20ClN5O2/c1-12-4-3-5-17(25-20(27)26-22)16(12)11-28-18-7-6-14(8-13(18)2)19-23-9-15(21)10-24-19/h3-10H,11,22H2,1-2H3,(H2,25,26,27). The van der Waals surface area contributed by atoms with E-state index in [4.69, 9.17) is 22.2 Å². The summed E-state index contributed by atoms with van der Waals surface area (Å²) >= 11 is 5.84. The van der Waals surface area contributed by atoms with Gasteiger partial charge in [0, 0.05) is 29.2 Å². The number of nitrogens with two attached hydrogens (primary N) is 1. The minimum Gasteiger partial charge on any atom is -0.489 e. The van der Waals surface area contributed by atoms with E-state index in [1.54, 1.807) is 18.5 Å². The molecule has 1 heterocycles. The number of hydrogen-bond donors (Lipinski definition) is 3. The number of nitrogens with one attached hydrogen (secondary N) is 2. The molecule has 0 spiro atoms. The average molecular weight is 398 g/mol. The lowest BCUT2D eigenvalue weighted by atomic mass is 10.1. The van der Waals surface area contributed by atoms with Crippen molar-refractivity contribution < 1.29 is 9.53 Å². The van der Waals surface area contributed by atoms with E-state index in [1.807, 2.05) is 44.2 Å². The van der Waals surface area contributed by atoms with Gasteiger partial charge in [-0.15, -0.1) is 0 Å². The van der Waals surface area contributed by atoms with Crippen molar-refractivity contribution in [2.75, 3.05) is 5.32 Å². The maximum absolute atomic E-state index is 11.6. The third-order valence-corrected chi connectivity index (χ3v) is 4.41. The van der Waals surface area contributed by atoms with Crippen LogP contribution in [0.3, 0.4) is 0 Å². The summed E-state index contributed by atoms with van der Waals surface area (Å²) in [5.74, 6) is 6.48. The number of nitrogens with zero attached hydrogens (tertiary/aromatic N) is 2. The Kier molecular flexibility index (Phi) is 6.08. The van der Waals surface area contributed by atoms with Gasteiger partial charge in [-0.1, -0.05) is 23.7 Å². The van der Waals surface area contributed by atoms with Crippen molar-refractivity contribution in [3.05, 3.63) is 70.5 Å². The third kappa shape index (κ3) is 4.57. The Balaban J connectivity index is 1.78. The van der Waals surface area contributed by atoms with Gasteiger partial charge in [-0.3, -0.25) is 5.43 Å². The lowest BCUT2D eigenvalue weighted by Gasteiger charge is -2.16. The highest BCUT2D eigenvalue weighted by atomic mass is 35.5. The van der Waals surface area contributed by atoms with Crippen LogP contribution in [0, 0.1) is 13.8 Å². The molecule has 0 aliphatic rings. The van der Waals surface area contributed by atoms with Crippen molar-refractivity contribution in [3.63, 3.8) is 0 Å². The summed E-state index contributed by atoms with van der Waals surface area (Å²) in [5, 5.41) is 3.20. The van der Waals surface area contributed by atoms with Crippen LogP contribution in [0.1, 0.15) is 16.7 Å². The van der Waals surface area contributed by atoms with Crippen molar-refractivity contribution in [1.29, 1.82) is 0 Å². The molecule has 2 aromatic carbocycles. The van der Waals surface area contributed by atoms with Crippen LogP contribution in [-0.4, -0.2) is 16.0 Å². The molecule has 0 atom stereocenters. The van der Waals surface area contributed by atoms with Crippen molar-refractivity contribution in [1.82, 2.24) is 15.4 Å². The van der Waals surface area contributed by atoms with Gasteiger partial charge in [0.05, 0.1) is 5.02 Å². The molecule has 0 saturated heterocycles. The number of urea groups is 1. The highest BCUT2D eigenvalue weighted by Crippen LogP contribution is 2.27. The third-order valence-electron chi connectivity index (χ3n) is 4.22. The fraction of sp³-hybridized carbons (Fsp3) is 0.150. The van der Waals surface area contributed by atoms with Gasteiger partial charge in [0.15, 0.2) is 5.82 Å². The first-order valence-corrected chi connectivity index (χ1v) is 8.93. The number of anilines is 1. The van der Waals surface area contributed by atoms with E-state index in [-0.39, 0.29) is 0 Å². The minimum absolute atomic E-state index is 0.296. The second-order valence-corrected chi connectivity index (χ2v) is 6.63. The second-order valence-electron chi connectivity index (χ2n) is 6.19. The molecular formula is C20H20ClN5O2. The van der Waals surface area contributed by atoms with E-state index in [9.17, 15) is 4.79 Å². The molecule has 4 N–H and O–H groups in total. The van der Waals surface area contributed by atoms with Crippen LogP contribution in [-0.2, 0) is 6.61 Å². The van der Waals surface area contributed by atoms with Gasteiger partial charge >= 0.3 is 6.03 Å². The number of hydrazine groups is 1. The Labute approximate surface area is 167 Å². The largest absolute Gasteiger partial charge is 0.489 e. The maximum Gasteiger partial charge on any atom is 0.333 e. The molecule has 0 unspecified atom stereocenters. The lowest BCUT2D eigenvalue weighted by Crippen LogP contribution is -2.34. The van der Waals surface area contributed by atoms with Gasteiger partial charge in [-0.2, -0.15) is 0 Å². The number of aryl methyl sites for hydroxylation is 2. The number of hydrogen-bond acceptors (Lipinski definition) is 5. The zero-order chi connectivity index (χ0) is 20.1. The predicted octanol–water partition coefficient (Wildman–Crippen LogP) is 3.99. The molecule has 0 radical (unpaired) electrons. The summed E-state index contributed by atoms with van der Waals surface area (Å²) in [7, 11) is 0. The maximum atomic E-state index is 11.6. The smallest absolute Gasteiger partial charge is 0.333 e. The van der Waals surface area contributed by atoms with Gasteiger partial charge in [0.25, 0.3) is 0 Å². The molecule has 0 saturated carbocycles. The molecular weight excluding hydrogens is 378 g/mol. The highest BCUT2D eigenvalue weighted by molar-refractivity contribution is 6.30. The number of amides is 2. The van der Waals surface area contributed by atoms with Crippen LogP contribution >= 0.6 is 11.6 Å². The number of halogens is 1. The molecule has 28 heavy (non-hydrogen) atoms. The van der Waals surface area contributed by atoms with Gasteiger partial charge < -0.3 is 10.1 Å². The summed E-state index contributed by atoms with van der Waals surface area (Å²) in [6, 6.07) is 10.8. The minimum atomic E-state index is -0.490. The normalized spacial score (nSPS) is 10.4. The van der Waals surface area contributed by atoms with Crippen LogP contribution in [0.4, 0.5) is 10.5 Å². The van der Waals surface area contributed by atoms with E-state index in [0.717, 1.165) is 28.0 Å². The van der Waals surface area contributed by atoms with Crippen LogP contribution < -0.4 is 21.3 Å². The Bertz CT molecular complexity index is 992. The molecule has 0 aliphatic heterocycles. The first-order chi connectivity index (χ1) is 13.5. The van der Waals surface area contributed by atoms with E-state index in [1.165, 1.54) is 0 Å². The Hall–Kier alpha value is -3.16. The highest BCUT2D eigenvalue weighted by Gasteiger charge is 2.11. The predicted molar refractivity (Wildman–Crippen MR) is 109 cm³/mol. The van der Waals surface area contributed by atoms with Gasteiger partial charge in [-0.25, -0.2) is 20.6 Å². The molecule has 0 aliphatic carbocycles. The topological polar surface area (TPSA) is 102 Å². The van der Waals surface area contributed by atoms with Crippen molar-refractivity contribution >= 4 is 23.3 Å². The quantitative estimate of drug-likeness (QED) is 0.343. The fourth-order valence-electron chi connectivity index (χ4n) is 2.73. The molecule has 7 nitrogen and oxygen atoms in total.